The highest BCUT2D eigenvalue weighted by molar-refractivity contribution is 5.32. The molecule has 0 heterocycles. The second-order valence-corrected chi connectivity index (χ2v) is 6.63. The lowest BCUT2D eigenvalue weighted by Gasteiger charge is -2.28. The van der Waals surface area contributed by atoms with E-state index in [-0.39, 0.29) is 5.60 Å². The van der Waals surface area contributed by atoms with E-state index in [9.17, 15) is 5.11 Å². The van der Waals surface area contributed by atoms with Crippen LogP contribution in [0.25, 0.3) is 0 Å². The first-order chi connectivity index (χ1) is 9.46. The minimum atomic E-state index is -0.455. The van der Waals surface area contributed by atoms with Gasteiger partial charge in [0.2, 0.25) is 0 Å². The molecule has 0 amide bonds. The topological polar surface area (TPSA) is 41.5 Å². The summed E-state index contributed by atoms with van der Waals surface area (Å²) >= 11 is 0. The molecule has 0 spiro atoms. The summed E-state index contributed by atoms with van der Waals surface area (Å²) < 4.78 is 5.61. The fourth-order valence-corrected chi connectivity index (χ4v) is 2.65. The van der Waals surface area contributed by atoms with Crippen molar-refractivity contribution in [1.29, 1.82) is 0 Å². The maximum absolute atomic E-state index is 10.0. The van der Waals surface area contributed by atoms with E-state index >= 15 is 0 Å². The molecular weight excluding hydrogens is 250 g/mol. The minimum absolute atomic E-state index is 0.196. The van der Waals surface area contributed by atoms with E-state index in [0.29, 0.717) is 19.2 Å². The molecule has 0 fully saturated rings. The molecule has 2 rings (SSSR count). The van der Waals surface area contributed by atoms with Crippen LogP contribution >= 0.6 is 0 Å². The first-order valence-corrected chi connectivity index (χ1v) is 7.59. The average Bonchev–Trinajstić information content (AvgIpc) is 2.42. The third-order valence-corrected chi connectivity index (χ3v) is 3.68. The molecule has 0 saturated carbocycles. The van der Waals surface area contributed by atoms with Gasteiger partial charge in [-0.15, -0.1) is 0 Å². The molecule has 1 aromatic rings. The molecule has 2 atom stereocenters. The van der Waals surface area contributed by atoms with Crippen molar-refractivity contribution in [3.05, 3.63) is 35.4 Å². The van der Waals surface area contributed by atoms with Crippen LogP contribution < -0.4 is 5.32 Å². The van der Waals surface area contributed by atoms with E-state index < -0.39 is 6.10 Å². The van der Waals surface area contributed by atoms with Crippen molar-refractivity contribution in [1.82, 2.24) is 5.32 Å². The lowest BCUT2D eigenvalue weighted by atomic mass is 9.88. The summed E-state index contributed by atoms with van der Waals surface area (Å²) in [6.45, 7) is 6.97. The lowest BCUT2D eigenvalue weighted by Crippen LogP contribution is -2.36. The third kappa shape index (κ3) is 4.58. The van der Waals surface area contributed by atoms with Gasteiger partial charge >= 0.3 is 0 Å². The zero-order valence-corrected chi connectivity index (χ0v) is 12.9. The highest BCUT2D eigenvalue weighted by Gasteiger charge is 2.20. The summed E-state index contributed by atoms with van der Waals surface area (Å²) in [5.74, 6) is 0. The lowest BCUT2D eigenvalue weighted by molar-refractivity contribution is -0.0484. The molecule has 112 valence electrons. The van der Waals surface area contributed by atoms with Gasteiger partial charge in [-0.1, -0.05) is 24.3 Å². The van der Waals surface area contributed by atoms with Crippen LogP contribution in [-0.2, 0) is 11.2 Å². The SMILES string of the molecule is CC(C)(C)OCC(O)CNC1CCCc2ccccc21. The van der Waals surface area contributed by atoms with Gasteiger partial charge in [-0.3, -0.25) is 0 Å². The number of rotatable bonds is 5. The monoisotopic (exact) mass is 277 g/mol. The fraction of sp³-hybridized carbons (Fsp3) is 0.647. The van der Waals surface area contributed by atoms with Crippen LogP contribution in [0.5, 0.6) is 0 Å². The zero-order chi connectivity index (χ0) is 14.6. The molecule has 0 radical (unpaired) electrons. The summed E-state index contributed by atoms with van der Waals surface area (Å²) in [5, 5.41) is 13.5. The van der Waals surface area contributed by atoms with E-state index in [1.807, 2.05) is 20.8 Å². The Morgan fingerprint density at radius 3 is 2.85 bits per heavy atom. The molecule has 2 N–H and O–H groups in total. The van der Waals surface area contributed by atoms with Gasteiger partial charge in [0.25, 0.3) is 0 Å². The minimum Gasteiger partial charge on any atom is -0.389 e. The van der Waals surface area contributed by atoms with E-state index in [4.69, 9.17) is 4.74 Å². The van der Waals surface area contributed by atoms with Crippen molar-refractivity contribution in [2.45, 2.75) is 57.8 Å². The molecular formula is C17H27NO2. The molecule has 1 aromatic carbocycles. The molecule has 3 nitrogen and oxygen atoms in total. The van der Waals surface area contributed by atoms with Crippen LogP contribution in [-0.4, -0.2) is 30.0 Å². The second kappa shape index (κ2) is 6.70. The molecule has 3 heteroatoms. The van der Waals surface area contributed by atoms with Crippen molar-refractivity contribution < 1.29 is 9.84 Å². The van der Waals surface area contributed by atoms with Crippen molar-refractivity contribution in [3.8, 4) is 0 Å². The number of benzene rings is 1. The van der Waals surface area contributed by atoms with Crippen molar-refractivity contribution in [3.63, 3.8) is 0 Å². The van der Waals surface area contributed by atoms with E-state index in [2.05, 4.69) is 29.6 Å². The molecule has 1 aliphatic carbocycles. The maximum atomic E-state index is 10.0. The Kier molecular flexibility index (Phi) is 5.19. The van der Waals surface area contributed by atoms with Gasteiger partial charge in [0.05, 0.1) is 18.3 Å². The van der Waals surface area contributed by atoms with Crippen LogP contribution in [0.15, 0.2) is 24.3 Å². The number of aliphatic hydroxyl groups is 1. The van der Waals surface area contributed by atoms with Crippen molar-refractivity contribution in [2.24, 2.45) is 0 Å². The standard InChI is InChI=1S/C17H27NO2/c1-17(2,3)20-12-14(19)11-18-16-10-6-8-13-7-4-5-9-15(13)16/h4-5,7,9,14,16,18-19H,6,8,10-12H2,1-3H3. The molecule has 1 aliphatic rings. The first-order valence-electron chi connectivity index (χ1n) is 7.59. The van der Waals surface area contributed by atoms with Crippen molar-refractivity contribution >= 4 is 0 Å². The van der Waals surface area contributed by atoms with Gasteiger partial charge in [-0.2, -0.15) is 0 Å². The maximum Gasteiger partial charge on any atom is 0.0898 e. The summed E-state index contributed by atoms with van der Waals surface area (Å²) in [6.07, 6.45) is 3.07. The number of hydrogen-bond donors (Lipinski definition) is 2. The average molecular weight is 277 g/mol. The normalized spacial score (nSPS) is 20.5. The van der Waals surface area contributed by atoms with E-state index in [1.54, 1.807) is 0 Å². The van der Waals surface area contributed by atoms with Gasteiger partial charge in [-0.25, -0.2) is 0 Å². The summed E-state index contributed by atoms with van der Waals surface area (Å²) in [7, 11) is 0. The van der Waals surface area contributed by atoms with Gasteiger partial charge in [-0.05, 0) is 51.2 Å². The summed E-state index contributed by atoms with van der Waals surface area (Å²) in [6, 6.07) is 8.97. The molecule has 0 saturated heterocycles. The number of fused-ring (bicyclic) bond motifs is 1. The fourth-order valence-electron chi connectivity index (χ4n) is 2.65. The number of aryl methyl sites for hydroxylation is 1. The molecule has 2 unspecified atom stereocenters. The number of hydrogen-bond acceptors (Lipinski definition) is 3. The Bertz CT molecular complexity index is 425. The Morgan fingerprint density at radius 1 is 1.35 bits per heavy atom. The number of aliphatic hydroxyl groups excluding tert-OH is 1. The van der Waals surface area contributed by atoms with Gasteiger partial charge in [0, 0.05) is 12.6 Å². The Balaban J connectivity index is 1.83. The quantitative estimate of drug-likeness (QED) is 0.869. The van der Waals surface area contributed by atoms with Crippen LogP contribution in [0.3, 0.4) is 0 Å². The highest BCUT2D eigenvalue weighted by Crippen LogP contribution is 2.29. The largest absolute Gasteiger partial charge is 0.389 e. The van der Waals surface area contributed by atoms with E-state index in [0.717, 1.165) is 6.42 Å². The Hall–Kier alpha value is -0.900. The van der Waals surface area contributed by atoms with E-state index in [1.165, 1.54) is 24.0 Å². The predicted molar refractivity (Wildman–Crippen MR) is 81.8 cm³/mol. The molecule has 20 heavy (non-hydrogen) atoms. The van der Waals surface area contributed by atoms with Crippen molar-refractivity contribution in [2.75, 3.05) is 13.2 Å². The predicted octanol–water partition coefficient (Wildman–Crippen LogP) is 2.83. The summed E-state index contributed by atoms with van der Waals surface area (Å²) in [5.41, 5.74) is 2.64. The van der Waals surface area contributed by atoms with Crippen LogP contribution in [0.2, 0.25) is 0 Å². The van der Waals surface area contributed by atoms with Crippen LogP contribution in [0, 0.1) is 0 Å². The zero-order valence-electron chi connectivity index (χ0n) is 12.9. The van der Waals surface area contributed by atoms with Crippen LogP contribution in [0.4, 0.5) is 0 Å². The molecule has 0 aromatic heterocycles. The van der Waals surface area contributed by atoms with Gasteiger partial charge in [0.15, 0.2) is 0 Å². The molecule has 0 aliphatic heterocycles. The number of ether oxygens (including phenoxy) is 1. The smallest absolute Gasteiger partial charge is 0.0898 e. The van der Waals surface area contributed by atoms with Gasteiger partial charge < -0.3 is 15.2 Å². The highest BCUT2D eigenvalue weighted by atomic mass is 16.5. The summed E-state index contributed by atoms with van der Waals surface area (Å²) in [4.78, 5) is 0. The Morgan fingerprint density at radius 2 is 2.10 bits per heavy atom. The third-order valence-electron chi connectivity index (χ3n) is 3.68. The second-order valence-electron chi connectivity index (χ2n) is 6.63. The number of nitrogens with one attached hydrogen (secondary N) is 1. The van der Waals surface area contributed by atoms with Crippen LogP contribution in [0.1, 0.15) is 50.8 Å². The molecule has 0 bridgehead atoms. The van der Waals surface area contributed by atoms with Gasteiger partial charge in [0.1, 0.15) is 0 Å². The first kappa shape index (κ1) is 15.5. The Labute approximate surface area is 122 Å².